The number of anilines is 2. The standard InChI is InChI=1S/C26H23N7O/c1-17-21-4-5-30-25(21)3-2-24(17)32-26-19(12-28)13-29-15-23(26)22-10-20(31-14-18(22)11-27)16-33-6-8-34-9-7-33/h2-5,10,13-15,30H,6-9,16H2,1H3,(H,29,32). The predicted octanol–water partition coefficient (Wildman–Crippen LogP) is 4.25. The Labute approximate surface area is 197 Å². The van der Waals surface area contributed by atoms with Crippen molar-refractivity contribution in [3.05, 3.63) is 71.4 Å². The van der Waals surface area contributed by atoms with E-state index >= 15 is 0 Å². The van der Waals surface area contributed by atoms with Crippen LogP contribution in [0.2, 0.25) is 0 Å². The van der Waals surface area contributed by atoms with E-state index in [9.17, 15) is 10.5 Å². The summed E-state index contributed by atoms with van der Waals surface area (Å²) in [4.78, 5) is 14.3. The van der Waals surface area contributed by atoms with E-state index in [0.717, 1.165) is 40.9 Å². The third-order valence-corrected chi connectivity index (χ3v) is 6.19. The lowest BCUT2D eigenvalue weighted by Crippen LogP contribution is -2.35. The molecule has 34 heavy (non-hydrogen) atoms. The van der Waals surface area contributed by atoms with Crippen LogP contribution in [0.4, 0.5) is 11.4 Å². The van der Waals surface area contributed by atoms with Gasteiger partial charge in [0, 0.05) is 72.1 Å². The zero-order valence-corrected chi connectivity index (χ0v) is 18.8. The van der Waals surface area contributed by atoms with Crippen LogP contribution in [0.25, 0.3) is 22.0 Å². The fraction of sp³-hybridized carbons (Fsp3) is 0.231. The van der Waals surface area contributed by atoms with Crippen molar-refractivity contribution in [3.8, 4) is 23.3 Å². The molecule has 1 saturated heterocycles. The largest absolute Gasteiger partial charge is 0.379 e. The molecule has 1 aliphatic rings. The molecule has 5 rings (SSSR count). The van der Waals surface area contributed by atoms with Crippen molar-refractivity contribution in [2.75, 3.05) is 31.6 Å². The van der Waals surface area contributed by atoms with Gasteiger partial charge < -0.3 is 15.0 Å². The van der Waals surface area contributed by atoms with Gasteiger partial charge in [-0.1, -0.05) is 0 Å². The van der Waals surface area contributed by atoms with Gasteiger partial charge in [0.25, 0.3) is 0 Å². The molecule has 8 nitrogen and oxygen atoms in total. The third kappa shape index (κ3) is 4.08. The normalized spacial score (nSPS) is 14.0. The van der Waals surface area contributed by atoms with E-state index in [2.05, 4.69) is 37.3 Å². The summed E-state index contributed by atoms with van der Waals surface area (Å²) in [5.41, 5.74) is 6.70. The van der Waals surface area contributed by atoms with Crippen LogP contribution in [-0.4, -0.2) is 46.2 Å². The number of pyridine rings is 2. The van der Waals surface area contributed by atoms with E-state index in [1.54, 1.807) is 12.4 Å². The highest BCUT2D eigenvalue weighted by Crippen LogP contribution is 2.36. The molecule has 1 fully saturated rings. The predicted molar refractivity (Wildman–Crippen MR) is 129 cm³/mol. The van der Waals surface area contributed by atoms with Crippen LogP contribution in [0, 0.1) is 29.6 Å². The summed E-state index contributed by atoms with van der Waals surface area (Å²) in [6.45, 7) is 5.80. The number of ether oxygens (including phenoxy) is 1. The number of nitrogens with one attached hydrogen (secondary N) is 2. The fourth-order valence-corrected chi connectivity index (χ4v) is 4.32. The SMILES string of the molecule is Cc1c(Nc2c(C#N)cncc2-c2cc(CN3CCOCC3)ncc2C#N)ccc2[nH]ccc12. The molecule has 0 unspecified atom stereocenters. The van der Waals surface area contributed by atoms with Gasteiger partial charge in [0.2, 0.25) is 0 Å². The average Bonchev–Trinajstić information content (AvgIpc) is 3.36. The molecule has 0 spiro atoms. The number of rotatable bonds is 5. The Balaban J connectivity index is 1.59. The van der Waals surface area contributed by atoms with Gasteiger partial charge in [0.1, 0.15) is 12.1 Å². The number of aromatic nitrogens is 3. The van der Waals surface area contributed by atoms with Gasteiger partial charge >= 0.3 is 0 Å². The molecule has 0 bridgehead atoms. The number of benzene rings is 1. The maximum atomic E-state index is 9.84. The first-order valence-electron chi connectivity index (χ1n) is 11.1. The minimum Gasteiger partial charge on any atom is -0.379 e. The number of hydrogen-bond acceptors (Lipinski definition) is 7. The average molecular weight is 450 g/mol. The number of hydrogen-bond donors (Lipinski definition) is 2. The molecule has 168 valence electrons. The van der Waals surface area contributed by atoms with Crippen LogP contribution in [0.3, 0.4) is 0 Å². The topological polar surface area (TPSA) is 114 Å². The second-order valence-corrected chi connectivity index (χ2v) is 8.25. The van der Waals surface area contributed by atoms with Crippen LogP contribution in [-0.2, 0) is 11.3 Å². The maximum Gasteiger partial charge on any atom is 0.103 e. The molecule has 0 atom stereocenters. The zero-order valence-electron chi connectivity index (χ0n) is 18.8. The summed E-state index contributed by atoms with van der Waals surface area (Å²) in [5, 5.41) is 24.2. The summed E-state index contributed by atoms with van der Waals surface area (Å²) in [6, 6.07) is 12.4. The lowest BCUT2D eigenvalue weighted by Gasteiger charge is -2.26. The second kappa shape index (κ2) is 9.32. The van der Waals surface area contributed by atoms with Crippen LogP contribution in [0.5, 0.6) is 0 Å². The van der Waals surface area contributed by atoms with E-state index in [1.807, 2.05) is 37.4 Å². The second-order valence-electron chi connectivity index (χ2n) is 8.25. The van der Waals surface area contributed by atoms with Gasteiger partial charge in [-0.05, 0) is 36.8 Å². The minimum atomic E-state index is 0.404. The molecule has 2 N–H and O–H groups in total. The summed E-state index contributed by atoms with van der Waals surface area (Å²) in [7, 11) is 0. The molecule has 1 aliphatic heterocycles. The van der Waals surface area contributed by atoms with Gasteiger partial charge in [-0.3, -0.25) is 14.9 Å². The monoisotopic (exact) mass is 449 g/mol. The Hall–Kier alpha value is -4.24. The van der Waals surface area contributed by atoms with E-state index in [1.165, 1.54) is 6.20 Å². The van der Waals surface area contributed by atoms with Gasteiger partial charge in [0.15, 0.2) is 0 Å². The molecule has 0 amide bonds. The lowest BCUT2D eigenvalue weighted by molar-refractivity contribution is 0.0336. The van der Waals surface area contributed by atoms with Crippen molar-refractivity contribution in [2.45, 2.75) is 13.5 Å². The first kappa shape index (κ1) is 21.6. The molecule has 1 aromatic carbocycles. The summed E-state index contributed by atoms with van der Waals surface area (Å²) < 4.78 is 5.44. The number of morpholine rings is 1. The van der Waals surface area contributed by atoms with E-state index < -0.39 is 0 Å². The van der Waals surface area contributed by atoms with Crippen LogP contribution in [0.1, 0.15) is 22.4 Å². The van der Waals surface area contributed by atoms with Crippen molar-refractivity contribution >= 4 is 22.3 Å². The molecule has 4 aromatic rings. The van der Waals surface area contributed by atoms with Crippen LogP contribution in [0.15, 0.2) is 49.1 Å². The number of aryl methyl sites for hydroxylation is 1. The minimum absolute atomic E-state index is 0.404. The highest BCUT2D eigenvalue weighted by molar-refractivity contribution is 5.92. The zero-order chi connectivity index (χ0) is 23.5. The molecule has 3 aromatic heterocycles. The number of H-pyrrole nitrogens is 1. The van der Waals surface area contributed by atoms with E-state index in [0.29, 0.717) is 47.7 Å². The highest BCUT2D eigenvalue weighted by atomic mass is 16.5. The molecule has 8 heteroatoms. The van der Waals surface area contributed by atoms with Gasteiger partial charge in [-0.25, -0.2) is 0 Å². The van der Waals surface area contributed by atoms with Gasteiger partial charge in [0.05, 0.1) is 35.7 Å². The van der Waals surface area contributed by atoms with Crippen LogP contribution >= 0.6 is 0 Å². The quantitative estimate of drug-likeness (QED) is 0.468. The number of aromatic amines is 1. The van der Waals surface area contributed by atoms with Crippen molar-refractivity contribution < 1.29 is 4.74 Å². The number of nitrogens with zero attached hydrogens (tertiary/aromatic N) is 5. The summed E-state index contributed by atoms with van der Waals surface area (Å²) in [5.74, 6) is 0. The van der Waals surface area contributed by atoms with Crippen LogP contribution < -0.4 is 5.32 Å². The van der Waals surface area contributed by atoms with Crippen molar-refractivity contribution in [3.63, 3.8) is 0 Å². The Bertz CT molecular complexity index is 1440. The van der Waals surface area contributed by atoms with Gasteiger partial charge in [-0.15, -0.1) is 0 Å². The van der Waals surface area contributed by atoms with E-state index in [-0.39, 0.29) is 0 Å². The van der Waals surface area contributed by atoms with Crippen molar-refractivity contribution in [2.24, 2.45) is 0 Å². The Kier molecular flexibility index (Phi) is 5.92. The molecule has 0 aliphatic carbocycles. The van der Waals surface area contributed by atoms with Crippen molar-refractivity contribution in [1.82, 2.24) is 19.9 Å². The molecule has 0 radical (unpaired) electrons. The molecule has 4 heterocycles. The molecular weight excluding hydrogens is 426 g/mol. The first-order valence-corrected chi connectivity index (χ1v) is 11.1. The number of fused-ring (bicyclic) bond motifs is 1. The Morgan fingerprint density at radius 2 is 1.88 bits per heavy atom. The third-order valence-electron chi connectivity index (χ3n) is 6.19. The smallest absolute Gasteiger partial charge is 0.103 e. The summed E-state index contributed by atoms with van der Waals surface area (Å²) >= 11 is 0. The van der Waals surface area contributed by atoms with Gasteiger partial charge in [-0.2, -0.15) is 10.5 Å². The maximum absolute atomic E-state index is 9.84. The Morgan fingerprint density at radius 3 is 2.68 bits per heavy atom. The van der Waals surface area contributed by atoms with Crippen molar-refractivity contribution in [1.29, 1.82) is 10.5 Å². The Morgan fingerprint density at radius 1 is 1.06 bits per heavy atom. The fourth-order valence-electron chi connectivity index (χ4n) is 4.32. The lowest BCUT2D eigenvalue weighted by atomic mass is 9.98. The molecular formula is C26H23N7O. The van der Waals surface area contributed by atoms with E-state index in [4.69, 9.17) is 4.74 Å². The number of nitriles is 2. The first-order chi connectivity index (χ1) is 16.7. The summed E-state index contributed by atoms with van der Waals surface area (Å²) in [6.07, 6.45) is 6.75. The highest BCUT2D eigenvalue weighted by Gasteiger charge is 2.18. The molecule has 0 saturated carbocycles.